The molecule has 3 unspecified atom stereocenters. The van der Waals surface area contributed by atoms with Crippen molar-refractivity contribution in [2.75, 3.05) is 41.4 Å². The molecule has 0 radical (unpaired) electrons. The van der Waals surface area contributed by atoms with Crippen molar-refractivity contribution >= 4 is 20.4 Å². The standard InChI is InChI=1S/C14H28NO7P/c1-14(20-5,13(8-11-17)7-6-10-16)22-23(18,19)21-12-9-15(2,3)4/h10-11,13H,6-9,12H2,1-5H3/p+1. The molecular formula is C14H29NO7P+. The van der Waals surface area contributed by atoms with Gasteiger partial charge in [0, 0.05) is 25.9 Å². The van der Waals surface area contributed by atoms with E-state index in [1.807, 2.05) is 21.1 Å². The number of phosphoric ester groups is 1. The van der Waals surface area contributed by atoms with Crippen LogP contribution < -0.4 is 0 Å². The summed E-state index contributed by atoms with van der Waals surface area (Å²) < 4.78 is 28.1. The highest BCUT2D eigenvalue weighted by atomic mass is 31.2. The first kappa shape index (κ1) is 22.4. The SMILES string of the molecule is COC(C)(OP(=O)(O)OCC[N+](C)(C)C)C(CC=O)CCC=O. The van der Waals surface area contributed by atoms with Crippen LogP contribution in [0.3, 0.4) is 0 Å². The highest BCUT2D eigenvalue weighted by molar-refractivity contribution is 7.47. The summed E-state index contributed by atoms with van der Waals surface area (Å²) in [6.07, 6.45) is 1.90. The molecule has 0 aliphatic heterocycles. The van der Waals surface area contributed by atoms with E-state index in [1.165, 1.54) is 14.0 Å². The third-order valence-corrected chi connectivity index (χ3v) is 4.58. The second-order valence-corrected chi connectivity index (χ2v) is 7.85. The summed E-state index contributed by atoms with van der Waals surface area (Å²) in [7, 11) is 2.71. The number of phosphoric acid groups is 1. The van der Waals surface area contributed by atoms with Gasteiger partial charge in [0.25, 0.3) is 0 Å². The van der Waals surface area contributed by atoms with E-state index in [2.05, 4.69) is 0 Å². The first-order chi connectivity index (χ1) is 10.5. The maximum atomic E-state index is 12.1. The number of likely N-dealkylation sites (N-methyl/N-ethyl adjacent to an activating group) is 1. The third kappa shape index (κ3) is 9.30. The van der Waals surface area contributed by atoms with Gasteiger partial charge in [-0.2, -0.15) is 0 Å². The van der Waals surface area contributed by atoms with Crippen LogP contribution in [0.2, 0.25) is 0 Å². The van der Waals surface area contributed by atoms with Crippen LogP contribution in [0, 0.1) is 5.92 Å². The van der Waals surface area contributed by atoms with Crippen LogP contribution in [0.25, 0.3) is 0 Å². The maximum Gasteiger partial charge on any atom is 0.474 e. The number of carbonyl (C=O) groups excluding carboxylic acids is 2. The van der Waals surface area contributed by atoms with Crippen molar-refractivity contribution in [3.63, 3.8) is 0 Å². The molecule has 0 heterocycles. The fourth-order valence-electron chi connectivity index (χ4n) is 1.94. The monoisotopic (exact) mass is 354 g/mol. The van der Waals surface area contributed by atoms with Crippen molar-refractivity contribution < 1.29 is 37.3 Å². The van der Waals surface area contributed by atoms with E-state index in [4.69, 9.17) is 13.8 Å². The highest BCUT2D eigenvalue weighted by Gasteiger charge is 2.42. The molecule has 0 bridgehead atoms. The van der Waals surface area contributed by atoms with Crippen LogP contribution in [-0.4, -0.2) is 69.1 Å². The van der Waals surface area contributed by atoms with Gasteiger partial charge in [-0.1, -0.05) is 0 Å². The molecule has 0 saturated heterocycles. The van der Waals surface area contributed by atoms with Crippen LogP contribution in [0.15, 0.2) is 0 Å². The Bertz CT molecular complexity index is 424. The predicted molar refractivity (Wildman–Crippen MR) is 84.6 cm³/mol. The third-order valence-electron chi connectivity index (χ3n) is 3.47. The van der Waals surface area contributed by atoms with Gasteiger partial charge in [0.1, 0.15) is 25.7 Å². The quantitative estimate of drug-likeness (QED) is 0.231. The first-order valence-electron chi connectivity index (χ1n) is 7.40. The van der Waals surface area contributed by atoms with E-state index in [1.54, 1.807) is 0 Å². The molecule has 3 atom stereocenters. The van der Waals surface area contributed by atoms with Crippen molar-refractivity contribution in [1.29, 1.82) is 0 Å². The molecule has 0 fully saturated rings. The minimum absolute atomic E-state index is 0.0315. The van der Waals surface area contributed by atoms with Gasteiger partial charge >= 0.3 is 7.82 Å². The minimum atomic E-state index is -4.37. The van der Waals surface area contributed by atoms with Crippen LogP contribution in [0.4, 0.5) is 0 Å². The van der Waals surface area contributed by atoms with Crippen molar-refractivity contribution in [3.05, 3.63) is 0 Å². The second kappa shape index (κ2) is 9.61. The number of aldehydes is 2. The zero-order valence-corrected chi connectivity index (χ0v) is 15.5. The summed E-state index contributed by atoms with van der Waals surface area (Å²) in [4.78, 5) is 31.3. The number of rotatable bonds is 13. The van der Waals surface area contributed by atoms with E-state index in [0.717, 1.165) is 0 Å². The molecule has 0 aromatic carbocycles. The molecule has 0 aliphatic carbocycles. The summed E-state index contributed by atoms with van der Waals surface area (Å²) in [6.45, 7) is 2.00. The van der Waals surface area contributed by atoms with Gasteiger partial charge in [0.05, 0.1) is 21.1 Å². The molecule has 0 spiro atoms. The van der Waals surface area contributed by atoms with E-state index in [0.29, 0.717) is 30.0 Å². The Kier molecular flexibility index (Phi) is 9.35. The van der Waals surface area contributed by atoms with Crippen molar-refractivity contribution in [2.45, 2.75) is 32.0 Å². The Balaban J connectivity index is 4.92. The van der Waals surface area contributed by atoms with Gasteiger partial charge in [-0.05, 0) is 13.3 Å². The minimum Gasteiger partial charge on any atom is -0.353 e. The summed E-state index contributed by atoms with van der Waals surface area (Å²) >= 11 is 0. The molecule has 23 heavy (non-hydrogen) atoms. The van der Waals surface area contributed by atoms with Gasteiger partial charge in [-0.25, -0.2) is 4.57 Å². The Morgan fingerprint density at radius 3 is 2.30 bits per heavy atom. The topological polar surface area (TPSA) is 99.1 Å². The number of hydrogen-bond donors (Lipinski definition) is 1. The smallest absolute Gasteiger partial charge is 0.353 e. The fourth-order valence-corrected chi connectivity index (χ4v) is 2.99. The molecule has 0 amide bonds. The molecule has 8 nitrogen and oxygen atoms in total. The van der Waals surface area contributed by atoms with Crippen LogP contribution in [-0.2, 0) is 27.9 Å². The lowest BCUT2D eigenvalue weighted by Crippen LogP contribution is -2.40. The Morgan fingerprint density at radius 1 is 1.26 bits per heavy atom. The molecule has 0 aliphatic rings. The van der Waals surface area contributed by atoms with E-state index in [9.17, 15) is 19.0 Å². The van der Waals surface area contributed by atoms with E-state index >= 15 is 0 Å². The summed E-state index contributed by atoms with van der Waals surface area (Å²) in [5, 5.41) is 0. The largest absolute Gasteiger partial charge is 0.474 e. The van der Waals surface area contributed by atoms with Gasteiger partial charge < -0.3 is 23.7 Å². The Hall–Kier alpha value is -0.630. The molecule has 9 heteroatoms. The van der Waals surface area contributed by atoms with Crippen molar-refractivity contribution in [3.8, 4) is 0 Å². The van der Waals surface area contributed by atoms with Crippen LogP contribution in [0.5, 0.6) is 0 Å². The number of ether oxygens (including phenoxy) is 1. The second-order valence-electron chi connectivity index (χ2n) is 6.47. The zero-order chi connectivity index (χ0) is 18.1. The highest BCUT2D eigenvalue weighted by Crippen LogP contribution is 2.50. The molecule has 0 aromatic heterocycles. The lowest BCUT2D eigenvalue weighted by molar-refractivity contribution is -0.870. The average Bonchev–Trinajstić information content (AvgIpc) is 2.40. The molecule has 136 valence electrons. The summed E-state index contributed by atoms with van der Waals surface area (Å²) in [5.41, 5.74) is 0. The molecule has 0 aromatic rings. The maximum absolute atomic E-state index is 12.1. The number of hydrogen-bond acceptors (Lipinski definition) is 6. The average molecular weight is 354 g/mol. The Labute approximate surface area is 137 Å². The molecule has 1 N–H and O–H groups in total. The molecule has 0 rings (SSSR count). The van der Waals surface area contributed by atoms with Gasteiger partial charge in [0.2, 0.25) is 0 Å². The van der Waals surface area contributed by atoms with E-state index in [-0.39, 0.29) is 19.4 Å². The summed E-state index contributed by atoms with van der Waals surface area (Å²) in [5.74, 6) is -2.05. The lowest BCUT2D eigenvalue weighted by atomic mass is 9.92. The predicted octanol–water partition coefficient (Wildman–Crippen LogP) is 1.37. The fraction of sp³-hybridized carbons (Fsp3) is 0.857. The lowest BCUT2D eigenvalue weighted by Gasteiger charge is -2.36. The van der Waals surface area contributed by atoms with Crippen LogP contribution in [0.1, 0.15) is 26.2 Å². The Morgan fingerprint density at radius 2 is 1.87 bits per heavy atom. The normalized spacial score (nSPS) is 18.7. The van der Waals surface area contributed by atoms with Crippen molar-refractivity contribution in [1.82, 2.24) is 0 Å². The first-order valence-corrected chi connectivity index (χ1v) is 8.90. The summed E-state index contributed by atoms with van der Waals surface area (Å²) in [6, 6.07) is 0. The van der Waals surface area contributed by atoms with Gasteiger partial charge in [0.15, 0.2) is 5.79 Å². The van der Waals surface area contributed by atoms with Gasteiger partial charge in [-0.15, -0.1) is 0 Å². The number of nitrogens with zero attached hydrogens (tertiary/aromatic N) is 1. The van der Waals surface area contributed by atoms with Crippen molar-refractivity contribution in [2.24, 2.45) is 5.92 Å². The van der Waals surface area contributed by atoms with Gasteiger partial charge in [-0.3, -0.25) is 9.05 Å². The number of methoxy groups -OCH3 is 1. The number of carbonyl (C=O) groups is 2. The van der Waals surface area contributed by atoms with Crippen LogP contribution >= 0.6 is 7.82 Å². The number of quaternary nitrogens is 1. The van der Waals surface area contributed by atoms with E-state index < -0.39 is 19.5 Å². The molecule has 0 saturated carbocycles. The zero-order valence-electron chi connectivity index (χ0n) is 14.6. The molecular weight excluding hydrogens is 325 g/mol.